The molecule has 1 amide bonds. The largest absolute Gasteiger partial charge is 0.489 e. The van der Waals surface area contributed by atoms with Gasteiger partial charge in [0, 0.05) is 11.1 Å². The Bertz CT molecular complexity index is 800. The smallest absolute Gasteiger partial charge is 0.273 e. The van der Waals surface area contributed by atoms with Gasteiger partial charge in [-0.1, -0.05) is 22.8 Å². The van der Waals surface area contributed by atoms with E-state index in [1.807, 2.05) is 24.4 Å². The summed E-state index contributed by atoms with van der Waals surface area (Å²) >= 11 is 7.36. The first-order chi connectivity index (χ1) is 11.6. The van der Waals surface area contributed by atoms with E-state index in [1.54, 1.807) is 30.3 Å². The highest BCUT2D eigenvalue weighted by Gasteiger charge is 2.15. The normalized spacial score (nSPS) is 11.9. The predicted molar refractivity (Wildman–Crippen MR) is 93.7 cm³/mol. The molecule has 1 N–H and O–H groups in total. The highest BCUT2D eigenvalue weighted by atomic mass is 35.5. The fraction of sp³-hybridized carbons (Fsp3) is 0.176. The van der Waals surface area contributed by atoms with Gasteiger partial charge in [-0.3, -0.25) is 4.79 Å². The Morgan fingerprint density at radius 2 is 2.17 bits per heavy atom. The van der Waals surface area contributed by atoms with Crippen molar-refractivity contribution in [1.29, 1.82) is 0 Å². The van der Waals surface area contributed by atoms with Gasteiger partial charge in [0.25, 0.3) is 5.91 Å². The number of nitrogens with one attached hydrogen (secondary N) is 1. The van der Waals surface area contributed by atoms with Crippen LogP contribution >= 0.6 is 22.9 Å². The van der Waals surface area contributed by atoms with Crippen LogP contribution in [-0.2, 0) is 0 Å². The van der Waals surface area contributed by atoms with Crippen LogP contribution in [0.2, 0.25) is 5.02 Å². The number of amides is 1. The van der Waals surface area contributed by atoms with Crippen molar-refractivity contribution in [3.05, 3.63) is 58.6 Å². The summed E-state index contributed by atoms with van der Waals surface area (Å²) in [7, 11) is 0. The highest BCUT2D eigenvalue weighted by Crippen LogP contribution is 2.25. The number of halogens is 1. The standard InChI is InChI=1S/C17H15ClN2O3S/c1-11(22-13-6-4-12(18)5-7-13)10-19-17(21)14-9-15(23-20-14)16-3-2-8-24-16/h2-9,11H,10H2,1H3,(H,19,21). The van der Waals surface area contributed by atoms with E-state index in [-0.39, 0.29) is 17.7 Å². The van der Waals surface area contributed by atoms with E-state index >= 15 is 0 Å². The first kappa shape index (κ1) is 16.5. The third-order valence-corrected chi connectivity index (χ3v) is 4.34. The van der Waals surface area contributed by atoms with E-state index in [2.05, 4.69) is 10.5 Å². The Hall–Kier alpha value is -2.31. The summed E-state index contributed by atoms with van der Waals surface area (Å²) in [4.78, 5) is 13.1. The molecule has 7 heteroatoms. The second-order valence-corrected chi connectivity index (χ2v) is 6.53. The Balaban J connectivity index is 1.52. The molecule has 2 aromatic heterocycles. The average Bonchev–Trinajstić information content (AvgIpc) is 3.25. The molecule has 2 heterocycles. The van der Waals surface area contributed by atoms with Crippen molar-refractivity contribution < 1.29 is 14.1 Å². The molecule has 1 aromatic carbocycles. The summed E-state index contributed by atoms with van der Waals surface area (Å²) in [5.74, 6) is 0.983. The maximum atomic E-state index is 12.1. The molecule has 0 saturated heterocycles. The van der Waals surface area contributed by atoms with Gasteiger partial charge in [-0.05, 0) is 42.6 Å². The SMILES string of the molecule is CC(CNC(=O)c1cc(-c2cccs2)on1)Oc1ccc(Cl)cc1. The van der Waals surface area contributed by atoms with Crippen LogP contribution in [0.3, 0.4) is 0 Å². The van der Waals surface area contributed by atoms with E-state index in [9.17, 15) is 4.79 Å². The lowest BCUT2D eigenvalue weighted by molar-refractivity contribution is 0.0923. The number of hydrogen-bond acceptors (Lipinski definition) is 5. The number of carbonyl (C=O) groups is 1. The van der Waals surface area contributed by atoms with Crippen molar-refractivity contribution in [2.75, 3.05) is 6.54 Å². The molecular weight excluding hydrogens is 348 g/mol. The van der Waals surface area contributed by atoms with Crippen molar-refractivity contribution >= 4 is 28.8 Å². The first-order valence-corrected chi connectivity index (χ1v) is 8.58. The number of nitrogens with zero attached hydrogens (tertiary/aromatic N) is 1. The van der Waals surface area contributed by atoms with Crippen LogP contribution in [0.5, 0.6) is 5.75 Å². The van der Waals surface area contributed by atoms with Crippen LogP contribution in [0.1, 0.15) is 17.4 Å². The number of rotatable bonds is 6. The van der Waals surface area contributed by atoms with Gasteiger partial charge in [0.2, 0.25) is 0 Å². The lowest BCUT2D eigenvalue weighted by atomic mass is 10.3. The number of thiophene rings is 1. The van der Waals surface area contributed by atoms with Gasteiger partial charge in [0.1, 0.15) is 11.9 Å². The number of hydrogen-bond donors (Lipinski definition) is 1. The van der Waals surface area contributed by atoms with Gasteiger partial charge in [0.15, 0.2) is 11.5 Å². The van der Waals surface area contributed by atoms with Crippen LogP contribution in [0.15, 0.2) is 52.4 Å². The summed E-state index contributed by atoms with van der Waals surface area (Å²) in [5, 5.41) is 9.17. The third kappa shape index (κ3) is 4.15. The molecule has 0 spiro atoms. The Morgan fingerprint density at radius 3 is 2.88 bits per heavy atom. The van der Waals surface area contributed by atoms with Crippen LogP contribution in [0.4, 0.5) is 0 Å². The van der Waals surface area contributed by atoms with Crippen LogP contribution in [0, 0.1) is 0 Å². The van der Waals surface area contributed by atoms with E-state index in [1.165, 1.54) is 11.3 Å². The molecule has 24 heavy (non-hydrogen) atoms. The molecular formula is C17H15ClN2O3S. The van der Waals surface area contributed by atoms with Crippen molar-refractivity contribution in [2.24, 2.45) is 0 Å². The van der Waals surface area contributed by atoms with Crippen molar-refractivity contribution in [3.63, 3.8) is 0 Å². The van der Waals surface area contributed by atoms with Crippen molar-refractivity contribution in [3.8, 4) is 16.4 Å². The maximum absolute atomic E-state index is 12.1. The quantitative estimate of drug-likeness (QED) is 0.711. The van der Waals surface area contributed by atoms with Gasteiger partial charge in [0.05, 0.1) is 11.4 Å². The topological polar surface area (TPSA) is 64.4 Å². The number of benzene rings is 1. The van der Waals surface area contributed by atoms with Gasteiger partial charge in [-0.15, -0.1) is 11.3 Å². The molecule has 3 rings (SSSR count). The van der Waals surface area contributed by atoms with Gasteiger partial charge in [-0.25, -0.2) is 0 Å². The number of carbonyl (C=O) groups excluding carboxylic acids is 1. The fourth-order valence-electron chi connectivity index (χ4n) is 2.03. The molecule has 0 radical (unpaired) electrons. The first-order valence-electron chi connectivity index (χ1n) is 7.33. The summed E-state index contributed by atoms with van der Waals surface area (Å²) in [6.45, 7) is 2.22. The minimum atomic E-state index is -0.298. The molecule has 124 valence electrons. The lowest BCUT2D eigenvalue weighted by Crippen LogP contribution is -2.33. The molecule has 3 aromatic rings. The Labute approximate surface area is 148 Å². The van der Waals surface area contributed by atoms with Gasteiger partial charge < -0.3 is 14.6 Å². The summed E-state index contributed by atoms with van der Waals surface area (Å²) < 4.78 is 10.9. The zero-order valence-electron chi connectivity index (χ0n) is 12.9. The molecule has 5 nitrogen and oxygen atoms in total. The zero-order valence-corrected chi connectivity index (χ0v) is 14.4. The molecule has 0 fully saturated rings. The molecule has 0 saturated carbocycles. The van der Waals surface area contributed by atoms with Crippen LogP contribution in [0.25, 0.3) is 10.6 Å². The molecule has 0 aliphatic carbocycles. The molecule has 1 atom stereocenters. The molecule has 0 bridgehead atoms. The number of ether oxygens (including phenoxy) is 1. The van der Waals surface area contributed by atoms with Crippen LogP contribution < -0.4 is 10.1 Å². The van der Waals surface area contributed by atoms with Gasteiger partial charge in [-0.2, -0.15) is 0 Å². The highest BCUT2D eigenvalue weighted by molar-refractivity contribution is 7.13. The Kier molecular flexibility index (Phi) is 5.17. The zero-order chi connectivity index (χ0) is 16.9. The monoisotopic (exact) mass is 362 g/mol. The van der Waals surface area contributed by atoms with Crippen molar-refractivity contribution in [2.45, 2.75) is 13.0 Å². The molecule has 0 aliphatic rings. The molecule has 1 unspecified atom stereocenters. The van der Waals surface area contributed by atoms with E-state index in [0.29, 0.717) is 23.1 Å². The lowest BCUT2D eigenvalue weighted by Gasteiger charge is -2.15. The van der Waals surface area contributed by atoms with Gasteiger partial charge >= 0.3 is 0 Å². The minimum Gasteiger partial charge on any atom is -0.489 e. The summed E-state index contributed by atoms with van der Waals surface area (Å²) in [6.07, 6.45) is -0.196. The average molecular weight is 363 g/mol. The Morgan fingerprint density at radius 1 is 1.38 bits per heavy atom. The second kappa shape index (κ2) is 7.51. The van der Waals surface area contributed by atoms with E-state index < -0.39 is 0 Å². The van der Waals surface area contributed by atoms with Crippen molar-refractivity contribution in [1.82, 2.24) is 10.5 Å². The predicted octanol–water partition coefficient (Wildman–Crippen LogP) is 4.25. The molecule has 0 aliphatic heterocycles. The fourth-order valence-corrected chi connectivity index (χ4v) is 2.83. The maximum Gasteiger partial charge on any atom is 0.273 e. The summed E-state index contributed by atoms with van der Waals surface area (Å²) in [5.41, 5.74) is 0.247. The summed E-state index contributed by atoms with van der Waals surface area (Å²) in [6, 6.07) is 12.5. The second-order valence-electron chi connectivity index (χ2n) is 5.15. The number of aromatic nitrogens is 1. The van der Waals surface area contributed by atoms with E-state index in [4.69, 9.17) is 20.9 Å². The minimum absolute atomic E-state index is 0.196. The van der Waals surface area contributed by atoms with Crippen LogP contribution in [-0.4, -0.2) is 23.7 Å². The third-order valence-electron chi connectivity index (χ3n) is 3.21. The van der Waals surface area contributed by atoms with E-state index in [0.717, 1.165) is 4.88 Å².